The molecule has 0 radical (unpaired) electrons. The van der Waals surface area contributed by atoms with Crippen LogP contribution >= 0.6 is 0 Å². The van der Waals surface area contributed by atoms with E-state index in [-0.39, 0.29) is 11.6 Å². The molecule has 0 saturated carbocycles. The van der Waals surface area contributed by atoms with Crippen molar-refractivity contribution >= 4 is 10.9 Å². The largest absolute Gasteiger partial charge is 0.322 e. The Hall–Kier alpha value is -1.61. The summed E-state index contributed by atoms with van der Waals surface area (Å²) in [6, 6.07) is 8.57. The van der Waals surface area contributed by atoms with Gasteiger partial charge in [-0.3, -0.25) is 4.79 Å². The molecule has 0 aliphatic carbocycles. The van der Waals surface area contributed by atoms with Gasteiger partial charge in [-0.25, -0.2) is 0 Å². The third-order valence-corrected chi connectivity index (χ3v) is 4.00. The predicted molar refractivity (Wildman–Crippen MR) is 78.6 cm³/mol. The number of H-pyrrole nitrogens is 1. The Morgan fingerprint density at radius 2 is 2.11 bits per heavy atom. The van der Waals surface area contributed by atoms with Crippen LogP contribution in [0.15, 0.2) is 29.1 Å². The summed E-state index contributed by atoms with van der Waals surface area (Å²) in [5.41, 5.74) is 3.16. The molecule has 0 spiro atoms. The molecule has 1 saturated heterocycles. The maximum Gasteiger partial charge on any atom is 0.253 e. The molecular formula is C16H20N2O. The molecule has 1 aromatic heterocycles. The first-order valence-corrected chi connectivity index (χ1v) is 7.05. The van der Waals surface area contributed by atoms with Gasteiger partial charge in [-0.2, -0.15) is 0 Å². The molecule has 3 nitrogen and oxygen atoms in total. The molecule has 2 aromatic rings. The third-order valence-electron chi connectivity index (χ3n) is 4.00. The lowest BCUT2D eigenvalue weighted by Gasteiger charge is -2.12. The maximum absolute atomic E-state index is 12.1. The van der Waals surface area contributed by atoms with Crippen molar-refractivity contribution in [1.82, 2.24) is 10.3 Å². The summed E-state index contributed by atoms with van der Waals surface area (Å²) >= 11 is 0. The van der Waals surface area contributed by atoms with Crippen molar-refractivity contribution in [3.8, 4) is 0 Å². The minimum absolute atomic E-state index is 0.0456. The molecule has 1 aromatic carbocycles. The van der Waals surface area contributed by atoms with E-state index in [1.54, 1.807) is 0 Å². The molecule has 1 aliphatic rings. The molecule has 2 N–H and O–H groups in total. The summed E-state index contributed by atoms with van der Waals surface area (Å²) < 4.78 is 0. The number of benzene rings is 1. The van der Waals surface area contributed by atoms with Crippen molar-refractivity contribution in [2.75, 3.05) is 6.54 Å². The van der Waals surface area contributed by atoms with E-state index in [4.69, 9.17) is 0 Å². The zero-order chi connectivity index (χ0) is 13.4. The highest BCUT2D eigenvalue weighted by Gasteiger charge is 2.19. The molecule has 0 amide bonds. The van der Waals surface area contributed by atoms with E-state index in [0.717, 1.165) is 35.9 Å². The zero-order valence-corrected chi connectivity index (χ0v) is 11.5. The minimum atomic E-state index is 0.0456. The van der Waals surface area contributed by atoms with Gasteiger partial charge in [-0.15, -0.1) is 0 Å². The number of nitrogens with one attached hydrogen (secondary N) is 2. The molecule has 0 bridgehead atoms. The van der Waals surface area contributed by atoms with Crippen LogP contribution in [0.3, 0.4) is 0 Å². The van der Waals surface area contributed by atoms with E-state index < -0.39 is 0 Å². The minimum Gasteiger partial charge on any atom is -0.322 e. The van der Waals surface area contributed by atoms with Crippen molar-refractivity contribution < 1.29 is 0 Å². The topological polar surface area (TPSA) is 44.9 Å². The molecule has 1 fully saturated rings. The second kappa shape index (κ2) is 4.82. The normalized spacial score (nSPS) is 19.4. The van der Waals surface area contributed by atoms with E-state index in [9.17, 15) is 4.79 Å². The Morgan fingerprint density at radius 1 is 1.26 bits per heavy atom. The van der Waals surface area contributed by atoms with Crippen LogP contribution < -0.4 is 10.9 Å². The highest BCUT2D eigenvalue weighted by Crippen LogP contribution is 2.24. The number of rotatable bonds is 2. The first kappa shape index (κ1) is 12.4. The van der Waals surface area contributed by atoms with Gasteiger partial charge in [0, 0.05) is 17.1 Å². The molecule has 2 heterocycles. The number of hydrogen-bond acceptors (Lipinski definition) is 2. The van der Waals surface area contributed by atoms with Crippen LogP contribution in [0, 0.1) is 0 Å². The van der Waals surface area contributed by atoms with Gasteiger partial charge < -0.3 is 10.3 Å². The summed E-state index contributed by atoms with van der Waals surface area (Å²) in [5, 5.41) is 4.53. The average Bonchev–Trinajstić information content (AvgIpc) is 2.91. The second-order valence-electron chi connectivity index (χ2n) is 5.70. The van der Waals surface area contributed by atoms with Crippen LogP contribution in [-0.4, -0.2) is 11.5 Å². The third kappa shape index (κ3) is 2.30. The fraction of sp³-hybridized carbons (Fsp3) is 0.438. The summed E-state index contributed by atoms with van der Waals surface area (Å²) in [7, 11) is 0. The van der Waals surface area contributed by atoms with E-state index in [1.807, 2.05) is 6.07 Å². The highest BCUT2D eigenvalue weighted by molar-refractivity contribution is 5.80. The first-order chi connectivity index (χ1) is 9.15. The fourth-order valence-electron chi connectivity index (χ4n) is 2.81. The van der Waals surface area contributed by atoms with Gasteiger partial charge in [0.2, 0.25) is 0 Å². The van der Waals surface area contributed by atoms with Crippen LogP contribution in [0.4, 0.5) is 0 Å². The summed E-state index contributed by atoms with van der Waals surface area (Å²) in [5.74, 6) is 0.504. The Labute approximate surface area is 113 Å². The number of aromatic amines is 1. The lowest BCUT2D eigenvalue weighted by atomic mass is 9.99. The van der Waals surface area contributed by atoms with E-state index in [1.165, 1.54) is 5.56 Å². The average molecular weight is 256 g/mol. The predicted octanol–water partition coefficient (Wildman–Crippen LogP) is 3.08. The number of aromatic nitrogens is 1. The first-order valence-electron chi connectivity index (χ1n) is 7.05. The van der Waals surface area contributed by atoms with E-state index in [2.05, 4.69) is 42.3 Å². The summed E-state index contributed by atoms with van der Waals surface area (Å²) in [6.45, 7) is 5.38. The van der Waals surface area contributed by atoms with Crippen molar-refractivity contribution in [3.05, 3.63) is 45.7 Å². The van der Waals surface area contributed by atoms with Crippen molar-refractivity contribution in [2.45, 2.75) is 38.6 Å². The molecule has 1 atom stereocenters. The van der Waals surface area contributed by atoms with Crippen molar-refractivity contribution in [1.29, 1.82) is 0 Å². The van der Waals surface area contributed by atoms with Gasteiger partial charge in [0.05, 0.1) is 0 Å². The summed E-state index contributed by atoms with van der Waals surface area (Å²) in [4.78, 5) is 15.1. The zero-order valence-electron chi connectivity index (χ0n) is 11.5. The number of pyridine rings is 1. The Bertz CT molecular complexity index is 651. The van der Waals surface area contributed by atoms with E-state index >= 15 is 0 Å². The lowest BCUT2D eigenvalue weighted by molar-refractivity contribution is 0.641. The van der Waals surface area contributed by atoms with Gasteiger partial charge in [0.15, 0.2) is 0 Å². The standard InChI is InChI=1S/C16H20N2O/c1-10(2)11-5-6-14-12(8-11)9-13(16(19)18-14)15-4-3-7-17-15/h5-6,8-10,15,17H,3-4,7H2,1-2H3,(H,18,19). The number of fused-ring (bicyclic) bond motifs is 1. The van der Waals surface area contributed by atoms with E-state index in [0.29, 0.717) is 5.92 Å². The van der Waals surface area contributed by atoms with Gasteiger partial charge in [-0.1, -0.05) is 19.9 Å². The Kier molecular flexibility index (Phi) is 3.15. The van der Waals surface area contributed by atoms with Crippen molar-refractivity contribution in [3.63, 3.8) is 0 Å². The molecule has 19 heavy (non-hydrogen) atoms. The van der Waals surface area contributed by atoms with Crippen LogP contribution in [0.5, 0.6) is 0 Å². The molecular weight excluding hydrogens is 236 g/mol. The monoisotopic (exact) mass is 256 g/mol. The quantitative estimate of drug-likeness (QED) is 0.867. The fourth-order valence-corrected chi connectivity index (χ4v) is 2.81. The van der Waals surface area contributed by atoms with Crippen molar-refractivity contribution in [2.24, 2.45) is 0 Å². The van der Waals surface area contributed by atoms with Gasteiger partial charge in [-0.05, 0) is 54.5 Å². The summed E-state index contributed by atoms with van der Waals surface area (Å²) in [6.07, 6.45) is 2.20. The lowest BCUT2D eigenvalue weighted by Crippen LogP contribution is -2.22. The smallest absolute Gasteiger partial charge is 0.253 e. The second-order valence-corrected chi connectivity index (χ2v) is 5.70. The Balaban J connectivity index is 2.13. The van der Waals surface area contributed by atoms with Crippen LogP contribution in [0.2, 0.25) is 0 Å². The Morgan fingerprint density at radius 3 is 2.79 bits per heavy atom. The van der Waals surface area contributed by atoms with Crippen LogP contribution in [0.1, 0.15) is 49.8 Å². The molecule has 1 unspecified atom stereocenters. The SMILES string of the molecule is CC(C)c1ccc2[nH]c(=O)c(C3CCCN3)cc2c1. The molecule has 3 rings (SSSR count). The molecule has 1 aliphatic heterocycles. The number of hydrogen-bond donors (Lipinski definition) is 2. The highest BCUT2D eigenvalue weighted by atomic mass is 16.1. The molecule has 3 heteroatoms. The van der Waals surface area contributed by atoms with Gasteiger partial charge in [0.1, 0.15) is 0 Å². The van der Waals surface area contributed by atoms with Gasteiger partial charge in [0.25, 0.3) is 5.56 Å². The van der Waals surface area contributed by atoms with Gasteiger partial charge >= 0.3 is 0 Å². The van der Waals surface area contributed by atoms with Crippen LogP contribution in [-0.2, 0) is 0 Å². The maximum atomic E-state index is 12.1. The molecule has 100 valence electrons. The van der Waals surface area contributed by atoms with Crippen LogP contribution in [0.25, 0.3) is 10.9 Å².